The van der Waals surface area contributed by atoms with Crippen LogP contribution in [0.25, 0.3) is 0 Å². The summed E-state index contributed by atoms with van der Waals surface area (Å²) < 4.78 is 16.3. The van der Waals surface area contributed by atoms with Crippen molar-refractivity contribution in [3.05, 3.63) is 53.6 Å². The van der Waals surface area contributed by atoms with Crippen molar-refractivity contribution in [2.75, 3.05) is 66.1 Å². The van der Waals surface area contributed by atoms with Crippen LogP contribution < -0.4 is 24.6 Å². The zero-order valence-electron chi connectivity index (χ0n) is 18.2. The highest BCUT2D eigenvalue weighted by Gasteiger charge is 2.28. The van der Waals surface area contributed by atoms with Gasteiger partial charge in [-0.15, -0.1) is 0 Å². The molecule has 1 aliphatic heterocycles. The van der Waals surface area contributed by atoms with Crippen molar-refractivity contribution < 1.29 is 23.9 Å². The lowest BCUT2D eigenvalue weighted by atomic mass is 10.0. The summed E-state index contributed by atoms with van der Waals surface area (Å²) in [5.74, 6) is 0.793. The summed E-state index contributed by atoms with van der Waals surface area (Å²) in [5.41, 5.74) is 2.77. The normalized spacial score (nSPS) is 15.3. The Labute approximate surface area is 178 Å². The number of quaternary nitrogens is 1. The number of nitrogens with one attached hydrogen (secondary N) is 2. The summed E-state index contributed by atoms with van der Waals surface area (Å²) in [5, 5.41) is 3.11. The Hall–Kier alpha value is -2.77. The first-order valence-corrected chi connectivity index (χ1v) is 10.2. The quantitative estimate of drug-likeness (QED) is 0.679. The van der Waals surface area contributed by atoms with E-state index in [9.17, 15) is 4.79 Å². The number of carbonyl (C=O) groups excluding carboxylic acids is 1. The van der Waals surface area contributed by atoms with Crippen molar-refractivity contribution in [2.45, 2.75) is 6.04 Å². The van der Waals surface area contributed by atoms with E-state index in [1.54, 1.807) is 32.4 Å². The van der Waals surface area contributed by atoms with E-state index in [0.717, 1.165) is 32.0 Å². The molecule has 1 heterocycles. The van der Waals surface area contributed by atoms with Crippen molar-refractivity contribution in [2.24, 2.45) is 0 Å². The molecule has 0 unspecified atom stereocenters. The van der Waals surface area contributed by atoms with Crippen LogP contribution in [-0.2, 0) is 4.74 Å². The zero-order chi connectivity index (χ0) is 21.5. The number of hydrogen-bond donors (Lipinski definition) is 2. The number of hydrogen-bond acceptors (Lipinski definition) is 5. The summed E-state index contributed by atoms with van der Waals surface area (Å²) in [6.07, 6.45) is 0. The van der Waals surface area contributed by atoms with E-state index in [2.05, 4.69) is 34.5 Å². The molecular weight excluding hydrogens is 382 g/mol. The molecule has 0 saturated carbocycles. The molecule has 1 amide bonds. The maximum Gasteiger partial charge on any atom is 0.259 e. The first-order chi connectivity index (χ1) is 14.5. The molecule has 1 atom stereocenters. The van der Waals surface area contributed by atoms with Crippen LogP contribution in [0.3, 0.4) is 0 Å². The van der Waals surface area contributed by atoms with E-state index in [1.807, 2.05) is 14.1 Å². The van der Waals surface area contributed by atoms with Crippen LogP contribution in [0, 0.1) is 0 Å². The second-order valence-electron chi connectivity index (χ2n) is 7.56. The third-order valence-corrected chi connectivity index (χ3v) is 5.56. The largest absolute Gasteiger partial charge is 0.496 e. The fraction of sp³-hybridized carbons (Fsp3) is 0.435. The zero-order valence-corrected chi connectivity index (χ0v) is 18.2. The number of methoxy groups -OCH3 is 2. The van der Waals surface area contributed by atoms with Gasteiger partial charge in [-0.05, 0) is 24.3 Å². The predicted molar refractivity (Wildman–Crippen MR) is 117 cm³/mol. The molecule has 7 nitrogen and oxygen atoms in total. The molecule has 0 bridgehead atoms. The molecule has 2 aromatic carbocycles. The lowest BCUT2D eigenvalue weighted by Gasteiger charge is -2.32. The van der Waals surface area contributed by atoms with E-state index in [1.165, 1.54) is 10.5 Å². The van der Waals surface area contributed by atoms with Crippen LogP contribution in [-0.4, -0.2) is 67.1 Å². The van der Waals surface area contributed by atoms with Crippen molar-refractivity contribution in [3.63, 3.8) is 0 Å². The van der Waals surface area contributed by atoms with E-state index in [-0.39, 0.29) is 11.9 Å². The standard InChI is InChI=1S/C23H31N3O4/c1-25(2)18-10-8-17(9-11-18)19(26-12-14-30-15-13-26)16-24-23(27)22-20(28-3)6-5-7-21(22)29-4/h5-11,19H,12-16H2,1-4H3,(H,24,27)/p+1/t19-/m1/s1. The second kappa shape index (κ2) is 10.3. The topological polar surface area (TPSA) is 64.5 Å². The highest BCUT2D eigenvalue weighted by molar-refractivity contribution is 5.99. The average Bonchev–Trinajstić information content (AvgIpc) is 2.79. The molecule has 162 valence electrons. The number of nitrogens with zero attached hydrogens (tertiary/aromatic N) is 1. The second-order valence-corrected chi connectivity index (χ2v) is 7.56. The third kappa shape index (κ3) is 5.04. The number of anilines is 1. The van der Waals surface area contributed by atoms with Crippen LogP contribution in [0.1, 0.15) is 22.0 Å². The Morgan fingerprint density at radius 2 is 1.67 bits per heavy atom. The minimum absolute atomic E-state index is 0.134. The van der Waals surface area contributed by atoms with Gasteiger partial charge in [0.05, 0.1) is 34.0 Å². The first kappa shape index (κ1) is 21.9. The molecule has 1 saturated heterocycles. The van der Waals surface area contributed by atoms with Crippen molar-refractivity contribution in [1.82, 2.24) is 5.32 Å². The number of amides is 1. The average molecular weight is 415 g/mol. The van der Waals surface area contributed by atoms with Crippen molar-refractivity contribution in [1.29, 1.82) is 0 Å². The molecule has 0 aliphatic carbocycles. The maximum atomic E-state index is 13.1. The highest BCUT2D eigenvalue weighted by Crippen LogP contribution is 2.28. The van der Waals surface area contributed by atoms with Gasteiger partial charge in [0.25, 0.3) is 5.91 Å². The Kier molecular flexibility index (Phi) is 7.54. The Morgan fingerprint density at radius 1 is 1.07 bits per heavy atom. The molecule has 1 fully saturated rings. The molecule has 1 aliphatic rings. The van der Waals surface area contributed by atoms with E-state index >= 15 is 0 Å². The van der Waals surface area contributed by atoms with E-state index in [0.29, 0.717) is 23.6 Å². The van der Waals surface area contributed by atoms with E-state index in [4.69, 9.17) is 14.2 Å². The minimum Gasteiger partial charge on any atom is -0.496 e. The maximum absolute atomic E-state index is 13.1. The number of carbonyl (C=O) groups is 1. The summed E-state index contributed by atoms with van der Waals surface area (Å²) in [4.78, 5) is 16.5. The Bertz CT molecular complexity index is 811. The summed E-state index contributed by atoms with van der Waals surface area (Å²) in [6, 6.07) is 14.0. The van der Waals surface area contributed by atoms with Gasteiger partial charge in [0, 0.05) is 25.3 Å². The Balaban J connectivity index is 1.81. The van der Waals surface area contributed by atoms with Gasteiger partial charge in [-0.1, -0.05) is 18.2 Å². The highest BCUT2D eigenvalue weighted by atomic mass is 16.5. The molecule has 2 aromatic rings. The molecule has 3 rings (SSSR count). The molecule has 2 N–H and O–H groups in total. The van der Waals surface area contributed by atoms with Crippen LogP contribution in [0.15, 0.2) is 42.5 Å². The molecule has 0 radical (unpaired) electrons. The SMILES string of the molecule is COc1cccc(OC)c1C(=O)NC[C@H](c1ccc(N(C)C)cc1)[NH+]1CCOCC1. The van der Waals surface area contributed by atoms with Gasteiger partial charge in [0.15, 0.2) is 0 Å². The summed E-state index contributed by atoms with van der Waals surface area (Å²) in [6.45, 7) is 3.80. The van der Waals surface area contributed by atoms with Crippen molar-refractivity contribution in [3.8, 4) is 11.5 Å². The summed E-state index contributed by atoms with van der Waals surface area (Å²) >= 11 is 0. The minimum atomic E-state index is -0.202. The van der Waals surface area contributed by atoms with Gasteiger partial charge in [-0.25, -0.2) is 0 Å². The van der Waals surface area contributed by atoms with Gasteiger partial charge in [0.2, 0.25) is 0 Å². The summed E-state index contributed by atoms with van der Waals surface area (Å²) in [7, 11) is 7.16. The van der Waals surface area contributed by atoms with Gasteiger partial charge in [-0.2, -0.15) is 0 Å². The Morgan fingerprint density at radius 3 is 2.20 bits per heavy atom. The van der Waals surface area contributed by atoms with Crippen LogP contribution in [0.2, 0.25) is 0 Å². The number of benzene rings is 2. The molecule has 7 heteroatoms. The van der Waals surface area contributed by atoms with Gasteiger partial charge in [0.1, 0.15) is 36.2 Å². The number of rotatable bonds is 8. The molecule has 0 spiro atoms. The van der Waals surface area contributed by atoms with Gasteiger partial charge >= 0.3 is 0 Å². The number of ether oxygens (including phenoxy) is 3. The predicted octanol–water partition coefficient (Wildman–Crippen LogP) is 1.16. The lowest BCUT2D eigenvalue weighted by molar-refractivity contribution is -0.937. The molecular formula is C23H32N3O4+. The van der Waals surface area contributed by atoms with Crippen LogP contribution in [0.5, 0.6) is 11.5 Å². The van der Waals surface area contributed by atoms with Gasteiger partial charge < -0.3 is 29.3 Å². The van der Waals surface area contributed by atoms with E-state index < -0.39 is 0 Å². The van der Waals surface area contributed by atoms with Crippen LogP contribution in [0.4, 0.5) is 5.69 Å². The molecule has 0 aromatic heterocycles. The smallest absolute Gasteiger partial charge is 0.259 e. The molecule has 30 heavy (non-hydrogen) atoms. The monoisotopic (exact) mass is 414 g/mol. The third-order valence-electron chi connectivity index (χ3n) is 5.56. The first-order valence-electron chi connectivity index (χ1n) is 10.2. The van der Waals surface area contributed by atoms with Crippen LogP contribution >= 0.6 is 0 Å². The van der Waals surface area contributed by atoms with Crippen molar-refractivity contribution >= 4 is 11.6 Å². The lowest BCUT2D eigenvalue weighted by Crippen LogP contribution is -3.15. The number of morpholine rings is 1. The fourth-order valence-electron chi connectivity index (χ4n) is 3.84. The van der Waals surface area contributed by atoms with Gasteiger partial charge in [-0.3, -0.25) is 4.79 Å². The fourth-order valence-corrected chi connectivity index (χ4v) is 3.84.